The van der Waals surface area contributed by atoms with Crippen molar-refractivity contribution in [1.82, 2.24) is 4.90 Å². The molecule has 0 aromatic carbocycles. The molecule has 2 N–H and O–H groups in total. The molecule has 18 heavy (non-hydrogen) atoms. The number of carbonyl (C=O) groups excluding carboxylic acids is 1. The zero-order valence-electron chi connectivity index (χ0n) is 12.5. The van der Waals surface area contributed by atoms with E-state index in [9.17, 15) is 4.79 Å². The number of hydrogen-bond acceptors (Lipinski definition) is 2. The maximum absolute atomic E-state index is 12.9. The monoisotopic (exact) mass is 254 g/mol. The van der Waals surface area contributed by atoms with E-state index in [0.29, 0.717) is 24.4 Å². The first-order valence-corrected chi connectivity index (χ1v) is 7.51. The van der Waals surface area contributed by atoms with E-state index in [-0.39, 0.29) is 5.41 Å². The van der Waals surface area contributed by atoms with Crippen molar-refractivity contribution < 1.29 is 4.79 Å². The van der Waals surface area contributed by atoms with Gasteiger partial charge in [0.25, 0.3) is 0 Å². The summed E-state index contributed by atoms with van der Waals surface area (Å²) in [7, 11) is 0. The van der Waals surface area contributed by atoms with Crippen LogP contribution in [-0.4, -0.2) is 29.9 Å². The molecule has 2 unspecified atom stereocenters. The number of hydrogen-bond donors (Lipinski definition) is 1. The molecule has 1 aliphatic rings. The predicted octanol–water partition coefficient (Wildman–Crippen LogP) is 2.79. The molecule has 0 aromatic heterocycles. The summed E-state index contributed by atoms with van der Waals surface area (Å²) >= 11 is 0. The fraction of sp³-hybridized carbons (Fsp3) is 0.933. The molecule has 1 rings (SSSR count). The van der Waals surface area contributed by atoms with Crippen molar-refractivity contribution in [3.8, 4) is 0 Å². The third-order valence-electron chi connectivity index (χ3n) is 4.35. The van der Waals surface area contributed by atoms with Crippen molar-refractivity contribution in [1.29, 1.82) is 0 Å². The van der Waals surface area contributed by atoms with Crippen molar-refractivity contribution in [2.75, 3.05) is 13.1 Å². The number of nitrogens with zero attached hydrogens (tertiary/aromatic N) is 1. The van der Waals surface area contributed by atoms with E-state index in [2.05, 4.69) is 32.6 Å². The highest BCUT2D eigenvalue weighted by Gasteiger charge is 2.42. The Labute approximate surface area is 112 Å². The lowest BCUT2D eigenvalue weighted by atomic mass is 9.77. The predicted molar refractivity (Wildman–Crippen MR) is 76.3 cm³/mol. The van der Waals surface area contributed by atoms with E-state index in [1.54, 1.807) is 0 Å². The molecular formula is C15H30N2O. The number of likely N-dealkylation sites (tertiary alicyclic amines) is 1. The minimum atomic E-state index is -0.304. The molecule has 3 heteroatoms. The number of nitrogens with two attached hydrogens (primary N) is 1. The first-order chi connectivity index (χ1) is 8.50. The second-order valence-electron chi connectivity index (χ2n) is 6.13. The molecule has 1 amide bonds. The number of rotatable bonds is 6. The Morgan fingerprint density at radius 2 is 1.83 bits per heavy atom. The average Bonchev–Trinajstić information content (AvgIpc) is 2.67. The molecule has 3 nitrogen and oxygen atoms in total. The maximum Gasteiger partial charge on any atom is 0.230 e. The normalized spacial score (nSPS) is 24.6. The topological polar surface area (TPSA) is 46.3 Å². The van der Waals surface area contributed by atoms with Crippen LogP contribution in [-0.2, 0) is 4.79 Å². The Kier molecular flexibility index (Phi) is 5.64. The zero-order valence-corrected chi connectivity index (χ0v) is 12.5. The molecular weight excluding hydrogens is 224 g/mol. The van der Waals surface area contributed by atoms with Crippen LogP contribution in [0.25, 0.3) is 0 Å². The Morgan fingerprint density at radius 1 is 1.28 bits per heavy atom. The average molecular weight is 254 g/mol. The number of amides is 1. The third-order valence-corrected chi connectivity index (χ3v) is 4.35. The van der Waals surface area contributed by atoms with E-state index in [4.69, 9.17) is 5.73 Å². The van der Waals surface area contributed by atoms with Crippen LogP contribution in [0.2, 0.25) is 0 Å². The van der Waals surface area contributed by atoms with Crippen LogP contribution in [0.4, 0.5) is 0 Å². The summed E-state index contributed by atoms with van der Waals surface area (Å²) in [6.45, 7) is 10.1. The van der Waals surface area contributed by atoms with Gasteiger partial charge in [0.1, 0.15) is 0 Å². The summed E-state index contributed by atoms with van der Waals surface area (Å²) < 4.78 is 0. The first kappa shape index (κ1) is 15.5. The summed E-state index contributed by atoms with van der Waals surface area (Å²) in [6.07, 6.45) is 5.04. The van der Waals surface area contributed by atoms with Crippen LogP contribution < -0.4 is 5.73 Å². The largest absolute Gasteiger partial charge is 0.339 e. The molecule has 0 radical (unpaired) electrons. The summed E-state index contributed by atoms with van der Waals surface area (Å²) in [6, 6.07) is 0.382. The Morgan fingerprint density at radius 3 is 2.17 bits per heavy atom. The van der Waals surface area contributed by atoms with Gasteiger partial charge < -0.3 is 10.6 Å². The maximum atomic E-state index is 12.9. The van der Waals surface area contributed by atoms with Crippen LogP contribution in [0.15, 0.2) is 0 Å². The lowest BCUT2D eigenvalue weighted by Gasteiger charge is -2.36. The van der Waals surface area contributed by atoms with Gasteiger partial charge in [-0.25, -0.2) is 0 Å². The zero-order chi connectivity index (χ0) is 13.8. The van der Waals surface area contributed by atoms with E-state index >= 15 is 0 Å². The summed E-state index contributed by atoms with van der Waals surface area (Å²) in [5.41, 5.74) is 5.68. The van der Waals surface area contributed by atoms with Gasteiger partial charge >= 0.3 is 0 Å². The molecule has 1 heterocycles. The van der Waals surface area contributed by atoms with Crippen molar-refractivity contribution in [3.63, 3.8) is 0 Å². The van der Waals surface area contributed by atoms with Crippen LogP contribution in [0.1, 0.15) is 59.8 Å². The van der Waals surface area contributed by atoms with E-state index in [0.717, 1.165) is 38.6 Å². The van der Waals surface area contributed by atoms with Gasteiger partial charge in [0, 0.05) is 19.1 Å². The van der Waals surface area contributed by atoms with Crippen LogP contribution >= 0.6 is 0 Å². The Bertz CT molecular complexity index is 272. The van der Waals surface area contributed by atoms with Gasteiger partial charge in [0.2, 0.25) is 5.91 Å². The van der Waals surface area contributed by atoms with Gasteiger partial charge in [-0.3, -0.25) is 4.79 Å². The fourth-order valence-electron chi connectivity index (χ4n) is 3.47. The Hall–Kier alpha value is -0.570. The van der Waals surface area contributed by atoms with Gasteiger partial charge in [-0.2, -0.15) is 0 Å². The smallest absolute Gasteiger partial charge is 0.230 e. The summed E-state index contributed by atoms with van der Waals surface area (Å²) in [5.74, 6) is 0.938. The Balaban J connectivity index is 2.87. The SMILES string of the molecule is CCCC(CN)(CCC)C(=O)N1CC(C)CC1C. The van der Waals surface area contributed by atoms with Crippen LogP contribution in [0, 0.1) is 11.3 Å². The standard InChI is InChI=1S/C15H30N2O/c1-5-7-15(11-16,8-6-2)14(18)17-10-12(3)9-13(17)4/h12-13H,5-11,16H2,1-4H3. The van der Waals surface area contributed by atoms with Gasteiger partial charge in [-0.1, -0.05) is 33.6 Å². The minimum absolute atomic E-state index is 0.304. The van der Waals surface area contributed by atoms with Crippen LogP contribution in [0.3, 0.4) is 0 Å². The van der Waals surface area contributed by atoms with Crippen molar-refractivity contribution in [2.24, 2.45) is 17.1 Å². The highest BCUT2D eigenvalue weighted by molar-refractivity contribution is 5.83. The molecule has 0 saturated carbocycles. The molecule has 2 atom stereocenters. The van der Waals surface area contributed by atoms with Crippen molar-refractivity contribution >= 4 is 5.91 Å². The minimum Gasteiger partial charge on any atom is -0.339 e. The quantitative estimate of drug-likeness (QED) is 0.792. The van der Waals surface area contributed by atoms with Crippen molar-refractivity contribution in [2.45, 2.75) is 65.8 Å². The molecule has 0 aromatic rings. The highest BCUT2D eigenvalue weighted by Crippen LogP contribution is 2.35. The summed E-state index contributed by atoms with van der Waals surface area (Å²) in [4.78, 5) is 15.0. The lowest BCUT2D eigenvalue weighted by molar-refractivity contribution is -0.143. The summed E-state index contributed by atoms with van der Waals surface area (Å²) in [5, 5.41) is 0. The molecule has 0 bridgehead atoms. The molecule has 106 valence electrons. The highest BCUT2D eigenvalue weighted by atomic mass is 16.2. The second-order valence-corrected chi connectivity index (χ2v) is 6.13. The van der Waals surface area contributed by atoms with Gasteiger partial charge in [0.05, 0.1) is 5.41 Å². The number of carbonyl (C=O) groups is 1. The lowest BCUT2D eigenvalue weighted by Crippen LogP contribution is -2.49. The van der Waals surface area contributed by atoms with Gasteiger partial charge in [-0.05, 0) is 32.1 Å². The van der Waals surface area contributed by atoms with Crippen molar-refractivity contribution in [3.05, 3.63) is 0 Å². The van der Waals surface area contributed by atoms with E-state index < -0.39 is 0 Å². The first-order valence-electron chi connectivity index (χ1n) is 7.51. The molecule has 0 spiro atoms. The molecule has 1 saturated heterocycles. The van der Waals surface area contributed by atoms with E-state index in [1.807, 2.05) is 0 Å². The van der Waals surface area contributed by atoms with Gasteiger partial charge in [0.15, 0.2) is 0 Å². The molecule has 1 aliphatic heterocycles. The third kappa shape index (κ3) is 3.05. The van der Waals surface area contributed by atoms with Gasteiger partial charge in [-0.15, -0.1) is 0 Å². The molecule has 0 aliphatic carbocycles. The fourth-order valence-corrected chi connectivity index (χ4v) is 3.47. The second kappa shape index (κ2) is 6.55. The molecule has 1 fully saturated rings. The van der Waals surface area contributed by atoms with E-state index in [1.165, 1.54) is 0 Å². The van der Waals surface area contributed by atoms with Crippen LogP contribution in [0.5, 0.6) is 0 Å².